The van der Waals surface area contributed by atoms with Crippen molar-refractivity contribution in [2.75, 3.05) is 46.0 Å². The van der Waals surface area contributed by atoms with E-state index in [1.54, 1.807) is 0 Å². The van der Waals surface area contributed by atoms with Gasteiger partial charge in [0.15, 0.2) is 11.5 Å². The molecule has 0 aliphatic carbocycles. The maximum Gasteiger partial charge on any atom is 0.406 e. The Hall–Kier alpha value is -2.54. The van der Waals surface area contributed by atoms with Gasteiger partial charge < -0.3 is 19.1 Å². The number of rotatable bonds is 7. The van der Waals surface area contributed by atoms with Gasteiger partial charge in [-0.3, -0.25) is 9.59 Å². The van der Waals surface area contributed by atoms with Gasteiger partial charge in [0.2, 0.25) is 15.9 Å². The molecule has 0 unspecified atom stereocenters. The number of sulfonamides is 1. The van der Waals surface area contributed by atoms with Gasteiger partial charge in [-0.2, -0.15) is 17.5 Å². The summed E-state index contributed by atoms with van der Waals surface area (Å²) in [5.74, 6) is -1.87. The van der Waals surface area contributed by atoms with Crippen molar-refractivity contribution in [3.05, 3.63) is 18.2 Å². The molecule has 1 saturated heterocycles. The molecule has 0 aromatic heterocycles. The van der Waals surface area contributed by atoms with Crippen molar-refractivity contribution in [1.29, 1.82) is 0 Å². The molecule has 2 aliphatic rings. The third-order valence-corrected chi connectivity index (χ3v) is 7.16. The minimum Gasteiger partial charge on any atom is -0.486 e. The smallest absolute Gasteiger partial charge is 0.406 e. The van der Waals surface area contributed by atoms with Crippen molar-refractivity contribution in [3.8, 4) is 11.5 Å². The molecular weight excluding hydrogens is 469 g/mol. The standard InChI is InChI=1S/C20H25F3N2O7S/c1-2-30-18(26)12-24(13-20(21,22)23)19(27)14-5-7-25(8-6-14)33(28,29)15-3-4-16-17(11-15)32-10-9-31-16/h3-4,11,14H,2,5-10,12-13H2,1H3. The van der Waals surface area contributed by atoms with E-state index in [9.17, 15) is 31.2 Å². The molecule has 9 nitrogen and oxygen atoms in total. The van der Waals surface area contributed by atoms with E-state index in [0.29, 0.717) is 29.6 Å². The van der Waals surface area contributed by atoms with Gasteiger partial charge in [0.1, 0.15) is 26.3 Å². The van der Waals surface area contributed by atoms with Crippen molar-refractivity contribution in [2.24, 2.45) is 5.92 Å². The molecule has 1 aromatic rings. The number of nitrogens with zero attached hydrogens (tertiary/aromatic N) is 2. The van der Waals surface area contributed by atoms with E-state index in [2.05, 4.69) is 4.74 Å². The number of halogens is 3. The van der Waals surface area contributed by atoms with Crippen LogP contribution in [0.15, 0.2) is 23.1 Å². The first-order valence-corrected chi connectivity index (χ1v) is 11.9. The van der Waals surface area contributed by atoms with Gasteiger partial charge in [0.25, 0.3) is 0 Å². The molecule has 13 heteroatoms. The molecule has 1 amide bonds. The average Bonchev–Trinajstić information content (AvgIpc) is 2.77. The molecule has 0 spiro atoms. The Bertz CT molecular complexity index is 976. The van der Waals surface area contributed by atoms with Gasteiger partial charge in [-0.15, -0.1) is 0 Å². The molecule has 2 aliphatic heterocycles. The first-order chi connectivity index (χ1) is 15.5. The van der Waals surface area contributed by atoms with Crippen molar-refractivity contribution in [3.63, 3.8) is 0 Å². The molecule has 0 saturated carbocycles. The van der Waals surface area contributed by atoms with Crippen LogP contribution in [0.4, 0.5) is 13.2 Å². The molecular formula is C20H25F3N2O7S. The van der Waals surface area contributed by atoms with Crippen molar-refractivity contribution < 1.29 is 45.4 Å². The van der Waals surface area contributed by atoms with Crippen LogP contribution < -0.4 is 9.47 Å². The number of benzene rings is 1. The van der Waals surface area contributed by atoms with Crippen LogP contribution in [0.25, 0.3) is 0 Å². The highest BCUT2D eigenvalue weighted by Crippen LogP contribution is 2.34. The summed E-state index contributed by atoms with van der Waals surface area (Å²) in [4.78, 5) is 24.8. The third kappa shape index (κ3) is 6.28. The van der Waals surface area contributed by atoms with E-state index in [1.807, 2.05) is 0 Å². The molecule has 0 radical (unpaired) electrons. The highest BCUT2D eigenvalue weighted by atomic mass is 32.2. The van der Waals surface area contributed by atoms with Crippen LogP contribution in [-0.4, -0.2) is 81.7 Å². The van der Waals surface area contributed by atoms with Crippen molar-refractivity contribution in [2.45, 2.75) is 30.8 Å². The topological polar surface area (TPSA) is 102 Å². The quantitative estimate of drug-likeness (QED) is 0.533. The van der Waals surface area contributed by atoms with E-state index < -0.39 is 47.1 Å². The number of hydrogen-bond acceptors (Lipinski definition) is 7. The molecule has 3 rings (SSSR count). The zero-order valence-corrected chi connectivity index (χ0v) is 18.8. The molecule has 33 heavy (non-hydrogen) atoms. The molecule has 2 heterocycles. The zero-order valence-electron chi connectivity index (χ0n) is 18.0. The minimum atomic E-state index is -4.69. The maximum absolute atomic E-state index is 13.0. The lowest BCUT2D eigenvalue weighted by Crippen LogP contribution is -2.48. The van der Waals surface area contributed by atoms with Crippen LogP contribution in [0, 0.1) is 5.92 Å². The predicted octanol–water partition coefficient (Wildman–Crippen LogP) is 1.81. The Kier molecular flexibility index (Phi) is 7.73. The molecule has 0 atom stereocenters. The second-order valence-corrected chi connectivity index (χ2v) is 9.54. The number of amides is 1. The van der Waals surface area contributed by atoms with Crippen LogP contribution in [0.1, 0.15) is 19.8 Å². The molecule has 1 aromatic carbocycles. The van der Waals surface area contributed by atoms with Crippen LogP contribution in [-0.2, 0) is 24.3 Å². The zero-order chi connectivity index (χ0) is 24.2. The number of carbonyl (C=O) groups excluding carboxylic acids is 2. The number of carbonyl (C=O) groups is 2. The minimum absolute atomic E-state index is 0.00228. The maximum atomic E-state index is 13.0. The monoisotopic (exact) mass is 494 g/mol. The Morgan fingerprint density at radius 1 is 1.15 bits per heavy atom. The van der Waals surface area contributed by atoms with Crippen LogP contribution >= 0.6 is 0 Å². The van der Waals surface area contributed by atoms with Gasteiger partial charge in [-0.1, -0.05) is 0 Å². The first kappa shape index (κ1) is 25.1. The Morgan fingerprint density at radius 3 is 2.39 bits per heavy atom. The normalized spacial score (nSPS) is 17.5. The predicted molar refractivity (Wildman–Crippen MR) is 108 cm³/mol. The van der Waals surface area contributed by atoms with Gasteiger partial charge in [-0.05, 0) is 31.9 Å². The lowest BCUT2D eigenvalue weighted by Gasteiger charge is -2.33. The highest BCUT2D eigenvalue weighted by molar-refractivity contribution is 7.89. The van der Waals surface area contributed by atoms with E-state index >= 15 is 0 Å². The van der Waals surface area contributed by atoms with E-state index in [4.69, 9.17) is 9.47 Å². The summed E-state index contributed by atoms with van der Waals surface area (Å²) in [6.45, 7) is -0.359. The largest absolute Gasteiger partial charge is 0.486 e. The molecule has 0 N–H and O–H groups in total. The summed E-state index contributed by atoms with van der Waals surface area (Å²) in [6, 6.07) is 4.26. The van der Waals surface area contributed by atoms with Gasteiger partial charge in [-0.25, -0.2) is 8.42 Å². The second-order valence-electron chi connectivity index (χ2n) is 7.60. The Labute approximate surface area is 189 Å². The lowest BCUT2D eigenvalue weighted by molar-refractivity contribution is -0.169. The van der Waals surface area contributed by atoms with Gasteiger partial charge in [0, 0.05) is 25.1 Å². The third-order valence-electron chi connectivity index (χ3n) is 5.26. The summed E-state index contributed by atoms with van der Waals surface area (Å²) in [5.41, 5.74) is 0. The van der Waals surface area contributed by atoms with Crippen LogP contribution in [0.3, 0.4) is 0 Å². The van der Waals surface area contributed by atoms with Crippen molar-refractivity contribution in [1.82, 2.24) is 9.21 Å². The molecule has 1 fully saturated rings. The average molecular weight is 494 g/mol. The summed E-state index contributed by atoms with van der Waals surface area (Å²) < 4.78 is 81.5. The number of hydrogen-bond donors (Lipinski definition) is 0. The molecule has 0 bridgehead atoms. The number of alkyl halides is 3. The fraction of sp³-hybridized carbons (Fsp3) is 0.600. The first-order valence-electron chi connectivity index (χ1n) is 10.4. The van der Waals surface area contributed by atoms with E-state index in [1.165, 1.54) is 29.4 Å². The van der Waals surface area contributed by atoms with Crippen molar-refractivity contribution >= 4 is 21.9 Å². The summed E-state index contributed by atoms with van der Waals surface area (Å²) in [5, 5.41) is 0. The number of esters is 1. The summed E-state index contributed by atoms with van der Waals surface area (Å²) in [7, 11) is -3.90. The number of piperidine rings is 1. The lowest BCUT2D eigenvalue weighted by atomic mass is 9.96. The number of ether oxygens (including phenoxy) is 3. The summed E-state index contributed by atoms with van der Waals surface area (Å²) >= 11 is 0. The van der Waals surface area contributed by atoms with E-state index in [0.717, 1.165) is 0 Å². The fourth-order valence-electron chi connectivity index (χ4n) is 3.73. The Balaban J connectivity index is 1.66. The highest BCUT2D eigenvalue weighted by Gasteiger charge is 2.39. The van der Waals surface area contributed by atoms with E-state index in [-0.39, 0.29) is 37.4 Å². The van der Waals surface area contributed by atoms with Gasteiger partial charge in [0.05, 0.1) is 11.5 Å². The fourth-order valence-corrected chi connectivity index (χ4v) is 5.21. The Morgan fingerprint density at radius 2 is 1.79 bits per heavy atom. The van der Waals surface area contributed by atoms with Crippen LogP contribution in [0.2, 0.25) is 0 Å². The number of fused-ring (bicyclic) bond motifs is 1. The van der Waals surface area contributed by atoms with Gasteiger partial charge >= 0.3 is 12.1 Å². The SMILES string of the molecule is CCOC(=O)CN(CC(F)(F)F)C(=O)C1CCN(S(=O)(=O)c2ccc3c(c2)OCCO3)CC1. The second kappa shape index (κ2) is 10.2. The summed E-state index contributed by atoms with van der Waals surface area (Å²) in [6.07, 6.45) is -4.63. The van der Waals surface area contributed by atoms with Crippen LogP contribution in [0.5, 0.6) is 11.5 Å². The molecule has 184 valence electrons.